The first-order chi connectivity index (χ1) is 12.9. The second-order valence-electron chi connectivity index (χ2n) is 7.45. The maximum Gasteiger partial charge on any atom is 0.333 e. The van der Waals surface area contributed by atoms with Gasteiger partial charge >= 0.3 is 5.97 Å². The van der Waals surface area contributed by atoms with Gasteiger partial charge in [-0.15, -0.1) is 0 Å². The van der Waals surface area contributed by atoms with Crippen LogP contribution in [0.5, 0.6) is 0 Å². The van der Waals surface area contributed by atoms with Gasteiger partial charge < -0.3 is 19.6 Å². The van der Waals surface area contributed by atoms with E-state index < -0.39 is 5.97 Å². The molecule has 0 aliphatic carbocycles. The number of aliphatic carboxylic acids is 1. The zero-order valence-electron chi connectivity index (χ0n) is 16.1. The van der Waals surface area contributed by atoms with Crippen LogP contribution in [-0.2, 0) is 16.1 Å². The third-order valence-electron chi connectivity index (χ3n) is 5.14. The van der Waals surface area contributed by atoms with Crippen LogP contribution in [0, 0.1) is 11.7 Å². The predicted octanol–water partition coefficient (Wildman–Crippen LogP) is 3.24. The van der Waals surface area contributed by atoms with Crippen molar-refractivity contribution in [2.75, 3.05) is 26.3 Å². The first-order valence-electron chi connectivity index (χ1n) is 9.38. The van der Waals surface area contributed by atoms with Crippen LogP contribution in [0.15, 0.2) is 47.3 Å². The second kappa shape index (κ2) is 8.13. The Hall–Kier alpha value is -2.34. The molecule has 0 spiro atoms. The molecule has 2 heterocycles. The van der Waals surface area contributed by atoms with E-state index in [4.69, 9.17) is 4.74 Å². The zero-order chi connectivity index (χ0) is 19.6. The standard InChI is InChI=1S/C21H27FN2O3/c1-14(2)20-19(21(25)26)15(3)11-18(23-7-9-27-10-8-23)24(20)13-16-5-4-6-17(22)12-16/h4-6,11-12,14,20H,7-10,13H2,1-3H3,(H,25,26). The van der Waals surface area contributed by atoms with Crippen LogP contribution in [0.3, 0.4) is 0 Å². The summed E-state index contributed by atoms with van der Waals surface area (Å²) in [4.78, 5) is 16.4. The molecule has 0 saturated carbocycles. The van der Waals surface area contributed by atoms with Gasteiger partial charge in [-0.05, 0) is 42.2 Å². The maximum atomic E-state index is 13.7. The number of carbonyl (C=O) groups is 1. The molecule has 1 N–H and O–H groups in total. The topological polar surface area (TPSA) is 53.0 Å². The van der Waals surface area contributed by atoms with Crippen LogP contribution in [0.4, 0.5) is 4.39 Å². The lowest BCUT2D eigenvalue weighted by Crippen LogP contribution is -2.50. The average Bonchev–Trinajstić information content (AvgIpc) is 2.62. The highest BCUT2D eigenvalue weighted by Gasteiger charge is 2.37. The van der Waals surface area contributed by atoms with Crippen LogP contribution in [0.1, 0.15) is 26.3 Å². The number of hydrogen-bond donors (Lipinski definition) is 1. The van der Waals surface area contributed by atoms with Crippen molar-refractivity contribution in [3.05, 3.63) is 58.7 Å². The monoisotopic (exact) mass is 374 g/mol. The van der Waals surface area contributed by atoms with Crippen molar-refractivity contribution in [3.8, 4) is 0 Å². The molecule has 27 heavy (non-hydrogen) atoms. The minimum Gasteiger partial charge on any atom is -0.478 e. The van der Waals surface area contributed by atoms with E-state index in [-0.39, 0.29) is 17.8 Å². The summed E-state index contributed by atoms with van der Waals surface area (Å²) in [7, 11) is 0. The molecule has 0 bridgehead atoms. The molecule has 1 saturated heterocycles. The molecule has 5 nitrogen and oxygen atoms in total. The van der Waals surface area contributed by atoms with Crippen molar-refractivity contribution in [2.24, 2.45) is 5.92 Å². The summed E-state index contributed by atoms with van der Waals surface area (Å²) in [5.41, 5.74) is 2.01. The number of benzene rings is 1. The fourth-order valence-corrected chi connectivity index (χ4v) is 3.95. The number of halogens is 1. The Morgan fingerprint density at radius 1 is 1.33 bits per heavy atom. The Labute approximate surface area is 159 Å². The third-order valence-corrected chi connectivity index (χ3v) is 5.14. The van der Waals surface area contributed by atoms with Crippen molar-refractivity contribution in [3.63, 3.8) is 0 Å². The summed E-state index contributed by atoms with van der Waals surface area (Å²) in [6.45, 7) is 9.17. The number of carboxylic acids is 1. The summed E-state index contributed by atoms with van der Waals surface area (Å²) in [5.74, 6) is -0.103. The summed E-state index contributed by atoms with van der Waals surface area (Å²) in [6.07, 6.45) is 1.95. The van der Waals surface area contributed by atoms with Crippen molar-refractivity contribution < 1.29 is 19.0 Å². The first kappa shape index (κ1) is 19.4. The molecule has 2 aliphatic heterocycles. The lowest BCUT2D eigenvalue weighted by atomic mass is 9.87. The van der Waals surface area contributed by atoms with Crippen LogP contribution < -0.4 is 0 Å². The normalized spacial score (nSPS) is 20.9. The fourth-order valence-electron chi connectivity index (χ4n) is 3.95. The van der Waals surface area contributed by atoms with Crippen LogP contribution in [0.25, 0.3) is 0 Å². The van der Waals surface area contributed by atoms with Gasteiger partial charge in [-0.25, -0.2) is 9.18 Å². The van der Waals surface area contributed by atoms with Gasteiger partial charge in [-0.2, -0.15) is 0 Å². The Balaban J connectivity index is 2.05. The van der Waals surface area contributed by atoms with Crippen molar-refractivity contribution >= 4 is 5.97 Å². The Bertz CT molecular complexity index is 766. The molecule has 1 aromatic carbocycles. The van der Waals surface area contributed by atoms with Crippen molar-refractivity contribution in [1.29, 1.82) is 0 Å². The number of morpholine rings is 1. The highest BCUT2D eigenvalue weighted by atomic mass is 19.1. The summed E-state index contributed by atoms with van der Waals surface area (Å²) in [5, 5.41) is 9.85. The number of hydrogen-bond acceptors (Lipinski definition) is 4. The summed E-state index contributed by atoms with van der Waals surface area (Å²) in [6, 6.07) is 6.22. The molecule has 0 radical (unpaired) electrons. The molecule has 1 unspecified atom stereocenters. The van der Waals surface area contributed by atoms with E-state index in [0.29, 0.717) is 25.3 Å². The highest BCUT2D eigenvalue weighted by molar-refractivity contribution is 5.90. The van der Waals surface area contributed by atoms with E-state index in [0.717, 1.165) is 30.0 Å². The summed E-state index contributed by atoms with van der Waals surface area (Å²) >= 11 is 0. The summed E-state index contributed by atoms with van der Waals surface area (Å²) < 4.78 is 19.2. The molecular formula is C21H27FN2O3. The van der Waals surface area contributed by atoms with Gasteiger partial charge in [0.05, 0.1) is 24.8 Å². The van der Waals surface area contributed by atoms with E-state index in [1.165, 1.54) is 12.1 Å². The number of nitrogens with zero attached hydrogens (tertiary/aromatic N) is 2. The lowest BCUT2D eigenvalue weighted by molar-refractivity contribution is -0.133. The Kier molecular flexibility index (Phi) is 5.85. The van der Waals surface area contributed by atoms with E-state index in [1.807, 2.05) is 32.9 Å². The molecule has 3 rings (SSSR count). The number of ether oxygens (including phenoxy) is 1. The number of rotatable bonds is 5. The fraction of sp³-hybridized carbons (Fsp3) is 0.476. The molecule has 2 aliphatic rings. The van der Waals surface area contributed by atoms with E-state index >= 15 is 0 Å². The van der Waals surface area contributed by atoms with Gasteiger partial charge in [0.15, 0.2) is 0 Å². The zero-order valence-corrected chi connectivity index (χ0v) is 16.1. The van der Waals surface area contributed by atoms with Crippen molar-refractivity contribution in [1.82, 2.24) is 9.80 Å². The molecule has 1 fully saturated rings. The molecule has 6 heteroatoms. The smallest absolute Gasteiger partial charge is 0.333 e. The van der Waals surface area contributed by atoms with Gasteiger partial charge in [-0.3, -0.25) is 0 Å². The molecule has 146 valence electrons. The molecule has 1 atom stereocenters. The van der Waals surface area contributed by atoms with E-state index in [9.17, 15) is 14.3 Å². The quantitative estimate of drug-likeness (QED) is 0.858. The van der Waals surface area contributed by atoms with Gasteiger partial charge in [0.25, 0.3) is 0 Å². The number of allylic oxidation sites excluding steroid dienone is 2. The Morgan fingerprint density at radius 2 is 2.04 bits per heavy atom. The largest absolute Gasteiger partial charge is 0.478 e. The highest BCUT2D eigenvalue weighted by Crippen LogP contribution is 2.34. The SMILES string of the molecule is CC1=C(C(=O)O)C(C(C)C)N(Cc2cccc(F)c2)C(N2CCOCC2)=C1. The lowest BCUT2D eigenvalue weighted by Gasteiger charge is -2.46. The minimum atomic E-state index is -0.896. The average molecular weight is 374 g/mol. The molecule has 0 aromatic heterocycles. The Morgan fingerprint density at radius 3 is 2.63 bits per heavy atom. The number of carboxylic acid groups (broad SMARTS) is 1. The molecule has 1 aromatic rings. The second-order valence-corrected chi connectivity index (χ2v) is 7.45. The minimum absolute atomic E-state index is 0.0874. The molecular weight excluding hydrogens is 347 g/mol. The van der Waals surface area contributed by atoms with Crippen LogP contribution in [-0.4, -0.2) is 53.2 Å². The van der Waals surface area contributed by atoms with E-state index in [2.05, 4.69) is 9.80 Å². The van der Waals surface area contributed by atoms with Gasteiger partial charge in [-0.1, -0.05) is 26.0 Å². The van der Waals surface area contributed by atoms with Crippen molar-refractivity contribution in [2.45, 2.75) is 33.4 Å². The van der Waals surface area contributed by atoms with Crippen LogP contribution in [0.2, 0.25) is 0 Å². The van der Waals surface area contributed by atoms with E-state index in [1.54, 1.807) is 6.07 Å². The maximum absolute atomic E-state index is 13.7. The van der Waals surface area contributed by atoms with Gasteiger partial charge in [0.1, 0.15) is 11.6 Å². The first-order valence-corrected chi connectivity index (χ1v) is 9.38. The van der Waals surface area contributed by atoms with Crippen LogP contribution >= 0.6 is 0 Å². The van der Waals surface area contributed by atoms with Gasteiger partial charge in [0.2, 0.25) is 0 Å². The molecule has 0 amide bonds. The predicted molar refractivity (Wildman–Crippen MR) is 101 cm³/mol. The third kappa shape index (κ3) is 4.16. The van der Waals surface area contributed by atoms with Gasteiger partial charge in [0, 0.05) is 19.6 Å².